The van der Waals surface area contributed by atoms with E-state index in [0.29, 0.717) is 10.7 Å². The Labute approximate surface area is 111 Å². The van der Waals surface area contributed by atoms with Crippen LogP contribution in [-0.2, 0) is 4.79 Å². The second-order valence-electron chi connectivity index (χ2n) is 3.52. The molecule has 0 aromatic heterocycles. The summed E-state index contributed by atoms with van der Waals surface area (Å²) in [5.41, 5.74) is 0.645. The molecule has 90 valence electrons. The molecule has 1 aliphatic heterocycles. The van der Waals surface area contributed by atoms with Crippen LogP contribution in [0.4, 0.5) is 10.5 Å². The summed E-state index contributed by atoms with van der Waals surface area (Å²) in [5.74, 6) is -0.368. The van der Waals surface area contributed by atoms with Crippen LogP contribution < -0.4 is 16.0 Å². The van der Waals surface area contributed by atoms with Crippen molar-refractivity contribution < 1.29 is 9.59 Å². The summed E-state index contributed by atoms with van der Waals surface area (Å²) in [6.45, 7) is 0.233. The minimum atomic E-state index is -0.522. The van der Waals surface area contributed by atoms with Gasteiger partial charge in [-0.05, 0) is 18.2 Å². The van der Waals surface area contributed by atoms with Crippen molar-refractivity contribution in [3.05, 3.63) is 27.7 Å². The van der Waals surface area contributed by atoms with E-state index in [-0.39, 0.29) is 12.5 Å². The van der Waals surface area contributed by atoms with Crippen molar-refractivity contribution in [2.24, 2.45) is 0 Å². The minimum absolute atomic E-state index is 0.233. The Hall–Kier alpha value is -1.27. The van der Waals surface area contributed by atoms with E-state index >= 15 is 0 Å². The van der Waals surface area contributed by atoms with E-state index in [9.17, 15) is 9.59 Å². The molecule has 0 spiro atoms. The van der Waals surface area contributed by atoms with Gasteiger partial charge in [-0.2, -0.15) is 0 Å². The van der Waals surface area contributed by atoms with Crippen LogP contribution in [-0.4, -0.2) is 24.5 Å². The monoisotopic (exact) mass is 317 g/mol. The van der Waals surface area contributed by atoms with Crippen molar-refractivity contribution in [2.45, 2.75) is 6.04 Å². The Balaban J connectivity index is 2.10. The number of nitrogens with one attached hydrogen (secondary N) is 3. The van der Waals surface area contributed by atoms with Crippen LogP contribution in [0.5, 0.6) is 0 Å². The van der Waals surface area contributed by atoms with Gasteiger partial charge in [0.1, 0.15) is 6.04 Å². The highest BCUT2D eigenvalue weighted by molar-refractivity contribution is 9.10. The van der Waals surface area contributed by atoms with Crippen LogP contribution in [0.25, 0.3) is 0 Å². The Morgan fingerprint density at radius 2 is 2.18 bits per heavy atom. The number of hydrogen-bond acceptors (Lipinski definition) is 3. The van der Waals surface area contributed by atoms with Gasteiger partial charge in [0, 0.05) is 11.0 Å². The molecule has 0 saturated carbocycles. The fraction of sp³-hybridized carbons (Fsp3) is 0.200. The molecule has 17 heavy (non-hydrogen) atoms. The zero-order valence-corrected chi connectivity index (χ0v) is 10.9. The maximum Gasteiger partial charge on any atom is 0.321 e. The largest absolute Gasteiger partial charge is 0.371 e. The fourth-order valence-electron chi connectivity index (χ4n) is 1.44. The number of urea groups is 1. The summed E-state index contributed by atoms with van der Waals surface area (Å²) < 4.78 is 0.856. The SMILES string of the molecule is O=C1NC[C@@H](Nc2ccc(Br)cc2Cl)C(=O)N1. The Morgan fingerprint density at radius 1 is 1.41 bits per heavy atom. The third kappa shape index (κ3) is 2.89. The van der Waals surface area contributed by atoms with Crippen LogP contribution >= 0.6 is 27.5 Å². The number of imide groups is 1. The van der Waals surface area contributed by atoms with E-state index in [1.54, 1.807) is 12.1 Å². The lowest BCUT2D eigenvalue weighted by Gasteiger charge is -2.24. The minimum Gasteiger partial charge on any atom is -0.371 e. The molecule has 1 fully saturated rings. The molecule has 1 aromatic carbocycles. The molecule has 1 atom stereocenters. The maximum absolute atomic E-state index is 11.5. The first-order valence-electron chi connectivity index (χ1n) is 4.86. The van der Waals surface area contributed by atoms with Crippen LogP contribution in [0, 0.1) is 0 Å². The van der Waals surface area contributed by atoms with Gasteiger partial charge in [0.2, 0.25) is 0 Å². The number of benzene rings is 1. The summed E-state index contributed by atoms with van der Waals surface area (Å²) in [4.78, 5) is 22.4. The lowest BCUT2D eigenvalue weighted by molar-refractivity contribution is -0.121. The molecule has 7 heteroatoms. The number of rotatable bonds is 2. The first-order valence-corrected chi connectivity index (χ1v) is 6.03. The molecular formula is C10H9BrClN3O2. The lowest BCUT2D eigenvalue weighted by Crippen LogP contribution is -2.57. The topological polar surface area (TPSA) is 70.2 Å². The molecular weight excluding hydrogens is 309 g/mol. The molecule has 3 amide bonds. The summed E-state index contributed by atoms with van der Waals surface area (Å²) in [6, 6.07) is 4.30. The third-order valence-corrected chi connectivity index (χ3v) is 3.09. The van der Waals surface area contributed by atoms with Gasteiger partial charge in [0.15, 0.2) is 0 Å². The van der Waals surface area contributed by atoms with E-state index in [0.717, 1.165) is 4.47 Å². The zero-order valence-electron chi connectivity index (χ0n) is 8.59. The molecule has 2 rings (SSSR count). The molecule has 3 N–H and O–H groups in total. The normalized spacial score (nSPS) is 19.5. The molecule has 0 aliphatic carbocycles. The van der Waals surface area contributed by atoms with Gasteiger partial charge >= 0.3 is 6.03 Å². The van der Waals surface area contributed by atoms with Crippen molar-refractivity contribution in [1.82, 2.24) is 10.6 Å². The quantitative estimate of drug-likeness (QED) is 0.777. The number of hydrogen-bond donors (Lipinski definition) is 3. The molecule has 0 bridgehead atoms. The van der Waals surface area contributed by atoms with Gasteiger partial charge in [0.25, 0.3) is 5.91 Å². The molecule has 0 unspecified atom stereocenters. The van der Waals surface area contributed by atoms with E-state index in [4.69, 9.17) is 11.6 Å². The molecule has 0 radical (unpaired) electrons. The summed E-state index contributed by atoms with van der Waals surface area (Å²) in [5, 5.41) is 8.18. The lowest BCUT2D eigenvalue weighted by atomic mass is 10.2. The highest BCUT2D eigenvalue weighted by atomic mass is 79.9. The highest BCUT2D eigenvalue weighted by Crippen LogP contribution is 2.26. The van der Waals surface area contributed by atoms with Gasteiger partial charge in [-0.15, -0.1) is 0 Å². The van der Waals surface area contributed by atoms with E-state index < -0.39 is 12.1 Å². The summed E-state index contributed by atoms with van der Waals surface area (Å²) >= 11 is 9.31. The van der Waals surface area contributed by atoms with Crippen LogP contribution in [0.15, 0.2) is 22.7 Å². The second-order valence-corrected chi connectivity index (χ2v) is 4.84. The van der Waals surface area contributed by atoms with Crippen molar-refractivity contribution in [3.63, 3.8) is 0 Å². The van der Waals surface area contributed by atoms with Crippen molar-refractivity contribution in [3.8, 4) is 0 Å². The molecule has 1 heterocycles. The van der Waals surface area contributed by atoms with Gasteiger partial charge < -0.3 is 10.6 Å². The van der Waals surface area contributed by atoms with Crippen molar-refractivity contribution in [2.75, 3.05) is 11.9 Å². The van der Waals surface area contributed by atoms with E-state index in [1.807, 2.05) is 6.07 Å². The number of carbonyl (C=O) groups is 2. The number of halogens is 2. The van der Waals surface area contributed by atoms with Crippen molar-refractivity contribution >= 4 is 45.2 Å². The first kappa shape index (κ1) is 12.2. The molecule has 1 aromatic rings. The Bertz CT molecular complexity index is 481. The van der Waals surface area contributed by atoms with Gasteiger partial charge in [-0.25, -0.2) is 4.79 Å². The second kappa shape index (κ2) is 4.93. The maximum atomic E-state index is 11.5. The van der Waals surface area contributed by atoms with Gasteiger partial charge in [-0.3, -0.25) is 10.1 Å². The average Bonchev–Trinajstić information content (AvgIpc) is 2.25. The van der Waals surface area contributed by atoms with Crippen molar-refractivity contribution in [1.29, 1.82) is 0 Å². The highest BCUT2D eigenvalue weighted by Gasteiger charge is 2.26. The Kier molecular flexibility index (Phi) is 3.54. The molecule has 1 aliphatic rings. The van der Waals surface area contributed by atoms with Crippen LogP contribution in [0.3, 0.4) is 0 Å². The predicted octanol–water partition coefficient (Wildman–Crippen LogP) is 1.72. The number of amides is 3. The zero-order chi connectivity index (χ0) is 12.4. The van der Waals surface area contributed by atoms with Gasteiger partial charge in [-0.1, -0.05) is 27.5 Å². The number of carbonyl (C=O) groups excluding carboxylic acids is 2. The van der Waals surface area contributed by atoms with E-state index in [2.05, 4.69) is 31.9 Å². The third-order valence-electron chi connectivity index (χ3n) is 2.28. The van der Waals surface area contributed by atoms with Crippen LogP contribution in [0.2, 0.25) is 5.02 Å². The predicted molar refractivity (Wildman–Crippen MR) is 68.1 cm³/mol. The molecule has 5 nitrogen and oxygen atoms in total. The molecule has 1 saturated heterocycles. The smallest absolute Gasteiger partial charge is 0.321 e. The van der Waals surface area contributed by atoms with E-state index in [1.165, 1.54) is 0 Å². The average molecular weight is 319 g/mol. The summed E-state index contributed by atoms with van der Waals surface area (Å²) in [6.07, 6.45) is 0. The first-order chi connectivity index (χ1) is 8.06. The van der Waals surface area contributed by atoms with Gasteiger partial charge in [0.05, 0.1) is 10.7 Å². The number of anilines is 1. The standard InChI is InChI=1S/C10H9BrClN3O2/c11-5-1-2-7(6(12)3-5)14-8-4-13-10(17)15-9(8)16/h1-3,8,14H,4H2,(H2,13,15,16,17)/t8-/m1/s1. The fourth-order valence-corrected chi connectivity index (χ4v) is 2.17. The summed E-state index contributed by atoms with van der Waals surface area (Å²) in [7, 11) is 0. The van der Waals surface area contributed by atoms with Crippen LogP contribution in [0.1, 0.15) is 0 Å². The Morgan fingerprint density at radius 3 is 2.82 bits per heavy atom.